The predicted octanol–water partition coefficient (Wildman–Crippen LogP) is 10.2. The maximum absolute atomic E-state index is 3.38. The van der Waals surface area contributed by atoms with Crippen molar-refractivity contribution in [3.05, 3.63) is 268 Å². The van der Waals surface area contributed by atoms with Crippen molar-refractivity contribution in [2.75, 3.05) is 0 Å². The van der Waals surface area contributed by atoms with Gasteiger partial charge in [-0.2, -0.15) is 0 Å². The third kappa shape index (κ3) is 8.31. The van der Waals surface area contributed by atoms with Crippen LogP contribution in [0.25, 0.3) is 0 Å². The van der Waals surface area contributed by atoms with E-state index in [1.807, 2.05) is 0 Å². The van der Waals surface area contributed by atoms with E-state index in [1.165, 1.54) is 96.8 Å². The fourth-order valence-electron chi connectivity index (χ4n) is 10.6. The Bertz CT molecular complexity index is 2410. The van der Waals surface area contributed by atoms with Crippen LogP contribution >= 0.6 is 6.57 Å². The van der Waals surface area contributed by atoms with Crippen LogP contribution in [0.3, 0.4) is 0 Å². The smallest absolute Gasteiger partial charge is 0.0986 e. The van der Waals surface area contributed by atoms with E-state index in [2.05, 4.69) is 281 Å². The average Bonchev–Trinajstić information content (AvgIpc) is 3.34. The van der Waals surface area contributed by atoms with Crippen molar-refractivity contribution in [3.63, 3.8) is 0 Å². The van der Waals surface area contributed by atoms with Crippen molar-refractivity contribution in [1.29, 1.82) is 0 Å². The van der Waals surface area contributed by atoms with Crippen molar-refractivity contribution in [3.8, 4) is 0 Å². The highest BCUT2D eigenvalue weighted by Gasteiger charge is 2.68. The van der Waals surface area contributed by atoms with Gasteiger partial charge < -0.3 is 0 Å². The first-order valence-corrected chi connectivity index (χ1v) is 33.7. The molecule has 4 heteroatoms. The Morgan fingerprint density at radius 2 is 0.254 bits per heavy atom. The van der Waals surface area contributed by atoms with Gasteiger partial charge in [0.15, 0.2) is 23.2 Å². The second-order valence-electron chi connectivity index (χ2n) is 19.3. The molecular formula is C63H63PSi3. The van der Waals surface area contributed by atoms with Crippen LogP contribution in [0.2, 0.25) is 0 Å². The number of hydrogen-bond acceptors (Lipinski definition) is 0. The molecule has 0 unspecified atom stereocenters. The molecule has 9 aromatic rings. The van der Waals surface area contributed by atoms with Gasteiger partial charge in [-0.3, -0.25) is 0 Å². The van der Waals surface area contributed by atoms with Crippen molar-refractivity contribution in [1.82, 2.24) is 0 Å². The Labute approximate surface area is 404 Å². The Balaban J connectivity index is 1.70. The molecule has 0 bridgehead atoms. The number of aryl methyl sites for hydroxylation is 9. The predicted molar refractivity (Wildman–Crippen MR) is 301 cm³/mol. The first-order valence-electron chi connectivity index (χ1n) is 23.8. The van der Waals surface area contributed by atoms with E-state index in [9.17, 15) is 0 Å². The third-order valence-electron chi connectivity index (χ3n) is 14.2. The van der Waals surface area contributed by atoms with Crippen LogP contribution in [0.1, 0.15) is 50.1 Å². The molecule has 0 N–H and O–H groups in total. The van der Waals surface area contributed by atoms with Crippen molar-refractivity contribution in [2.24, 2.45) is 0 Å². The fourth-order valence-corrected chi connectivity index (χ4v) is 73.3. The van der Waals surface area contributed by atoms with Gasteiger partial charge in [0, 0.05) is 0 Å². The minimum absolute atomic E-state index is 1.26. The summed E-state index contributed by atoms with van der Waals surface area (Å²) in [6, 6.07) is 89.5. The lowest BCUT2D eigenvalue weighted by Gasteiger charge is -2.59. The maximum Gasteiger partial charge on any atom is 0.169 e. The molecule has 67 heavy (non-hydrogen) atoms. The zero-order valence-corrected chi connectivity index (χ0v) is 44.6. The molecule has 9 rings (SSSR count). The van der Waals surface area contributed by atoms with Crippen LogP contribution in [0.15, 0.2) is 218 Å². The molecule has 0 nitrogen and oxygen atoms in total. The molecule has 0 heterocycles. The minimum atomic E-state index is -3.38. The molecular weight excluding hydrogens is 872 g/mol. The highest BCUT2D eigenvalue weighted by Crippen LogP contribution is 2.60. The van der Waals surface area contributed by atoms with E-state index in [0.717, 1.165) is 0 Å². The lowest BCUT2D eigenvalue weighted by molar-refractivity contribution is 1.47. The zero-order valence-electron chi connectivity index (χ0n) is 40.7. The van der Waals surface area contributed by atoms with Gasteiger partial charge in [0.1, 0.15) is 0 Å². The van der Waals surface area contributed by atoms with Crippen molar-refractivity contribution >= 4 is 76.5 Å². The average molecular weight is 935 g/mol. The van der Waals surface area contributed by atoms with Crippen molar-refractivity contribution in [2.45, 2.75) is 62.3 Å². The molecule has 9 aromatic carbocycles. The number of hydrogen-bond donors (Lipinski definition) is 0. The van der Waals surface area contributed by atoms with Gasteiger partial charge in [-0.05, 0) is 109 Å². The van der Waals surface area contributed by atoms with Crippen LogP contribution in [-0.4, -0.2) is 23.2 Å². The fraction of sp³-hybridized carbons (Fsp3) is 0.143. The minimum Gasteiger partial charge on any atom is -0.0986 e. The Morgan fingerprint density at radius 1 is 0.164 bits per heavy atom. The molecule has 0 aromatic heterocycles. The summed E-state index contributed by atoms with van der Waals surface area (Å²) in [6.45, 7) is 19.0. The monoisotopic (exact) mass is 934 g/mol. The van der Waals surface area contributed by atoms with E-state index in [1.54, 1.807) is 0 Å². The van der Waals surface area contributed by atoms with E-state index in [0.29, 0.717) is 0 Å². The number of rotatable bonds is 12. The quantitative estimate of drug-likeness (QED) is 0.0651. The van der Waals surface area contributed by atoms with E-state index in [4.69, 9.17) is 0 Å². The highest BCUT2D eigenvalue weighted by atomic mass is 31.8. The molecule has 0 aliphatic carbocycles. The molecule has 0 spiro atoms. The molecule has 0 saturated carbocycles. The largest absolute Gasteiger partial charge is 0.169 e. The first-order chi connectivity index (χ1) is 32.4. The molecule has 0 fully saturated rings. The molecule has 0 aliphatic heterocycles. The SMILES string of the molecule is Cc1ccc([Si](c2ccc(C)cc2)(c2ccc(C)cc2)P([Si](c2ccc(C)cc2)(c2ccc(C)cc2)c2ccc(C)cc2)[Si](c2ccc(C)cc2)(c2ccc(C)cc2)c2ccc(C)cc2)cc1. The molecule has 0 atom stereocenters. The van der Waals surface area contributed by atoms with Crippen molar-refractivity contribution < 1.29 is 0 Å². The van der Waals surface area contributed by atoms with Crippen LogP contribution in [-0.2, 0) is 0 Å². The summed E-state index contributed by atoms with van der Waals surface area (Å²) >= 11 is 0. The summed E-state index contributed by atoms with van der Waals surface area (Å²) in [7, 11) is -10.1. The van der Waals surface area contributed by atoms with Gasteiger partial charge in [0.05, 0.1) is 0 Å². The lowest BCUT2D eigenvalue weighted by atomic mass is 10.2. The molecule has 0 aliphatic rings. The molecule has 0 saturated heterocycles. The summed E-state index contributed by atoms with van der Waals surface area (Å²) in [4.78, 5) is 0. The van der Waals surface area contributed by atoms with Gasteiger partial charge in [-0.1, -0.05) is 275 Å². The summed E-state index contributed by atoms with van der Waals surface area (Å²) in [5, 5.41) is 13.3. The van der Waals surface area contributed by atoms with Gasteiger partial charge in [0.25, 0.3) is 0 Å². The molecule has 0 amide bonds. The van der Waals surface area contributed by atoms with Crippen LogP contribution in [0.5, 0.6) is 0 Å². The highest BCUT2D eigenvalue weighted by molar-refractivity contribution is 8.45. The summed E-state index contributed by atoms with van der Waals surface area (Å²) in [5.74, 6) is 0. The van der Waals surface area contributed by atoms with Crippen LogP contribution < -0.4 is 46.7 Å². The first kappa shape index (κ1) is 46.2. The second kappa shape index (κ2) is 19.0. The maximum atomic E-state index is 2.56. The summed E-state index contributed by atoms with van der Waals surface area (Å²) in [6.07, 6.45) is 0. The van der Waals surface area contributed by atoms with E-state index in [-0.39, 0.29) is 0 Å². The Morgan fingerprint density at radius 3 is 0.343 bits per heavy atom. The van der Waals surface area contributed by atoms with Gasteiger partial charge >= 0.3 is 0 Å². The van der Waals surface area contributed by atoms with E-state index >= 15 is 0 Å². The zero-order chi connectivity index (χ0) is 46.9. The Kier molecular flexibility index (Phi) is 13.1. The summed E-state index contributed by atoms with van der Waals surface area (Å²) < 4.78 is 0. The lowest BCUT2D eigenvalue weighted by Crippen LogP contribution is -2.84. The number of benzene rings is 9. The van der Waals surface area contributed by atoms with E-state index < -0.39 is 29.8 Å². The molecule has 332 valence electrons. The summed E-state index contributed by atoms with van der Waals surface area (Å²) in [5.41, 5.74) is 11.5. The standard InChI is InChI=1S/C63H63PSi3/c1-46-10-28-55(29-11-46)65(56-30-12-47(2)13-31-56,57-32-14-48(3)15-33-57)64(66(58-34-16-49(4)17-35-58,59-36-18-50(5)19-37-59)60-38-20-51(6)21-39-60)67(61-40-22-52(7)23-41-61,62-42-24-53(8)25-43-62)63-44-26-54(9)27-45-63/h10-45H,1-9H3. The topological polar surface area (TPSA) is 0 Å². The Hall–Kier alpha value is -5.94. The second-order valence-corrected chi connectivity index (χ2v) is 43.5. The molecule has 0 radical (unpaired) electrons. The van der Waals surface area contributed by atoms with Crippen LogP contribution in [0.4, 0.5) is 0 Å². The normalized spacial score (nSPS) is 12.1. The van der Waals surface area contributed by atoms with Gasteiger partial charge in [0.2, 0.25) is 0 Å². The van der Waals surface area contributed by atoms with Gasteiger partial charge in [-0.25, -0.2) is 0 Å². The third-order valence-corrected chi connectivity index (χ3v) is 57.9. The van der Waals surface area contributed by atoms with Gasteiger partial charge in [-0.15, -0.1) is 0 Å². The van der Waals surface area contributed by atoms with Crippen LogP contribution in [0, 0.1) is 62.3 Å².